The summed E-state index contributed by atoms with van der Waals surface area (Å²) in [7, 11) is 0.717. The first-order valence-corrected chi connectivity index (χ1v) is 15.5. The molecule has 4 rings (SSSR count). The molecular weight excluding hydrogens is 555 g/mol. The number of rotatable bonds is 7. The number of alkyl halides is 4. The van der Waals surface area contributed by atoms with Crippen molar-refractivity contribution in [2.75, 3.05) is 57.8 Å². The number of piperidine rings is 1. The van der Waals surface area contributed by atoms with Crippen LogP contribution in [0.4, 0.5) is 28.9 Å². The van der Waals surface area contributed by atoms with E-state index >= 15 is 0 Å². The molecule has 3 aromatic rings. The minimum atomic E-state index is -4.56. The Morgan fingerprint density at radius 1 is 1.31 bits per heavy atom. The monoisotopic (exact) mass is 584 g/mol. The molecule has 39 heavy (non-hydrogen) atoms. The molecular formula is C25H29F4N6O2PS. The van der Waals surface area contributed by atoms with Gasteiger partial charge in [0, 0.05) is 37.1 Å². The van der Waals surface area contributed by atoms with Crippen molar-refractivity contribution in [3.05, 3.63) is 36.3 Å². The van der Waals surface area contributed by atoms with Crippen molar-refractivity contribution in [1.82, 2.24) is 19.3 Å². The van der Waals surface area contributed by atoms with Gasteiger partial charge in [-0.15, -0.1) is 0 Å². The average molecular weight is 585 g/mol. The number of nitrogens with one attached hydrogen (secondary N) is 2. The van der Waals surface area contributed by atoms with Gasteiger partial charge in [0.2, 0.25) is 0 Å². The van der Waals surface area contributed by atoms with Crippen molar-refractivity contribution >= 4 is 41.4 Å². The number of thioether (sulfide) groups is 1. The van der Waals surface area contributed by atoms with Crippen LogP contribution < -0.4 is 20.8 Å². The number of fused-ring (bicyclic) bond motifs is 1. The van der Waals surface area contributed by atoms with Crippen LogP contribution in [-0.4, -0.2) is 84.1 Å². The predicted octanol–water partition coefficient (Wildman–Crippen LogP) is 4.52. The minimum Gasteiger partial charge on any atom is -0.494 e. The van der Waals surface area contributed by atoms with Crippen LogP contribution in [0.15, 0.2) is 35.6 Å². The molecule has 0 aromatic carbocycles. The van der Waals surface area contributed by atoms with Crippen molar-refractivity contribution in [3.8, 4) is 17.6 Å². The van der Waals surface area contributed by atoms with E-state index in [-0.39, 0.29) is 41.2 Å². The molecule has 8 nitrogen and oxygen atoms in total. The van der Waals surface area contributed by atoms with Gasteiger partial charge in [0.15, 0.2) is 5.65 Å². The third-order valence-corrected chi connectivity index (χ3v) is 8.26. The summed E-state index contributed by atoms with van der Waals surface area (Å²) in [6.45, 7) is 4.23. The minimum absolute atomic E-state index is 0.0492. The molecule has 1 fully saturated rings. The maximum Gasteiger partial charge on any atom is 0.447 e. The van der Waals surface area contributed by atoms with E-state index in [0.29, 0.717) is 35.5 Å². The maximum absolute atomic E-state index is 14.6. The first kappa shape index (κ1) is 29.1. The van der Waals surface area contributed by atoms with Crippen LogP contribution >= 0.6 is 18.9 Å². The molecule has 3 aromatic heterocycles. The van der Waals surface area contributed by atoms with E-state index in [2.05, 4.69) is 32.4 Å². The molecule has 1 saturated heterocycles. The summed E-state index contributed by atoms with van der Waals surface area (Å²) >= 11 is -0.304. The Bertz CT molecular complexity index is 1450. The van der Waals surface area contributed by atoms with E-state index in [1.807, 2.05) is 11.9 Å². The lowest BCUT2D eigenvalue weighted by Gasteiger charge is -2.33. The van der Waals surface area contributed by atoms with Crippen molar-refractivity contribution in [2.45, 2.75) is 29.2 Å². The summed E-state index contributed by atoms with van der Waals surface area (Å²) in [5.74, 6) is 5.96. The number of likely N-dealkylation sites (tertiary alicyclic amines) is 1. The van der Waals surface area contributed by atoms with E-state index in [1.165, 1.54) is 23.9 Å². The third-order valence-electron chi connectivity index (χ3n) is 6.10. The first-order chi connectivity index (χ1) is 18.4. The Morgan fingerprint density at radius 3 is 2.74 bits per heavy atom. The molecule has 0 saturated carbocycles. The summed E-state index contributed by atoms with van der Waals surface area (Å²) in [5.41, 5.74) is -3.04. The van der Waals surface area contributed by atoms with E-state index < -0.39 is 24.9 Å². The van der Waals surface area contributed by atoms with Gasteiger partial charge < -0.3 is 24.8 Å². The molecule has 2 N–H and O–H groups in total. The number of ether oxygens (including phenoxy) is 1. The number of nitrogens with zero attached hydrogens (tertiary/aromatic N) is 4. The van der Waals surface area contributed by atoms with Crippen molar-refractivity contribution < 1.29 is 26.9 Å². The van der Waals surface area contributed by atoms with Crippen LogP contribution in [0.2, 0.25) is 0 Å². The molecule has 0 spiro atoms. The summed E-state index contributed by atoms with van der Waals surface area (Å²) in [4.78, 5) is 10.5. The number of anilines is 2. The second kappa shape index (κ2) is 11.7. The summed E-state index contributed by atoms with van der Waals surface area (Å²) < 4.78 is 73.9. The number of imidazole rings is 1. The normalized spacial score (nSPS) is 18.5. The quantitative estimate of drug-likeness (QED) is 0.182. The lowest BCUT2D eigenvalue weighted by Crippen LogP contribution is -2.46. The predicted molar refractivity (Wildman–Crippen MR) is 147 cm³/mol. The van der Waals surface area contributed by atoms with Gasteiger partial charge in [-0.05, 0) is 44.9 Å². The van der Waals surface area contributed by atoms with Gasteiger partial charge in [0.1, 0.15) is 35.2 Å². The number of hydrogen-bond donors (Lipinski definition) is 2. The van der Waals surface area contributed by atoms with Crippen LogP contribution in [0.3, 0.4) is 0 Å². The molecule has 0 aliphatic carbocycles. The molecule has 14 heteroatoms. The largest absolute Gasteiger partial charge is 0.494 e. The topological polar surface area (TPSA) is 83.8 Å². The number of hydrogen-bond acceptors (Lipinski definition) is 8. The Kier molecular flexibility index (Phi) is 8.69. The van der Waals surface area contributed by atoms with E-state index in [1.54, 1.807) is 31.5 Å². The lowest BCUT2D eigenvalue weighted by molar-refractivity contribution is -0.0329. The van der Waals surface area contributed by atoms with Crippen LogP contribution in [0, 0.1) is 11.8 Å². The molecule has 0 unspecified atom stereocenters. The fourth-order valence-electron chi connectivity index (χ4n) is 4.16. The number of halogens is 4. The standard InChI is InChI=1S/C25H29F4N6O2PS/c1-34-12-9-17(16(26)15-34)32-18-8-6-11-35-23(18)33-19(24(35)39-25(27,28)29)7-5-10-30-20-14-31-22(38(3,4)36)13-21(20)37-2/h6,8,11,13-14,16-17,30,32H,9-10,12,15H2,1-4H3/t16-,17+/m0/s1. The fourth-order valence-corrected chi connectivity index (χ4v) is 5.58. The highest BCUT2D eigenvalue weighted by molar-refractivity contribution is 8.00. The molecule has 210 valence electrons. The molecule has 4 heterocycles. The first-order valence-electron chi connectivity index (χ1n) is 12.0. The fraction of sp³-hybridized carbons (Fsp3) is 0.440. The number of aromatic nitrogens is 3. The van der Waals surface area contributed by atoms with Crippen LogP contribution in [0.25, 0.3) is 5.65 Å². The molecule has 0 bridgehead atoms. The number of methoxy groups -OCH3 is 1. The second-order valence-corrected chi connectivity index (χ2v) is 13.7. The summed E-state index contributed by atoms with van der Waals surface area (Å²) in [5, 5.41) is 5.97. The summed E-state index contributed by atoms with van der Waals surface area (Å²) in [6, 6.07) is 4.36. The molecule has 0 amide bonds. The van der Waals surface area contributed by atoms with Gasteiger partial charge in [-0.3, -0.25) is 9.38 Å². The van der Waals surface area contributed by atoms with Gasteiger partial charge in [-0.2, -0.15) is 13.2 Å². The Morgan fingerprint density at radius 2 is 2.08 bits per heavy atom. The van der Waals surface area contributed by atoms with Gasteiger partial charge in [0.25, 0.3) is 0 Å². The smallest absolute Gasteiger partial charge is 0.447 e. The van der Waals surface area contributed by atoms with Crippen molar-refractivity contribution in [1.29, 1.82) is 0 Å². The van der Waals surface area contributed by atoms with E-state index in [9.17, 15) is 22.1 Å². The molecule has 2 atom stereocenters. The van der Waals surface area contributed by atoms with Crippen molar-refractivity contribution in [2.24, 2.45) is 0 Å². The van der Waals surface area contributed by atoms with E-state index in [0.717, 1.165) is 0 Å². The average Bonchev–Trinajstić information content (AvgIpc) is 3.19. The highest BCUT2D eigenvalue weighted by Gasteiger charge is 2.34. The summed E-state index contributed by atoms with van der Waals surface area (Å²) in [6.07, 6.45) is 2.38. The Balaban J connectivity index is 1.60. The molecule has 0 radical (unpaired) electrons. The van der Waals surface area contributed by atoms with Gasteiger partial charge >= 0.3 is 5.51 Å². The van der Waals surface area contributed by atoms with Gasteiger partial charge in [-0.1, -0.05) is 5.92 Å². The Labute approximate surface area is 228 Å². The van der Waals surface area contributed by atoms with Crippen LogP contribution in [-0.2, 0) is 4.57 Å². The highest BCUT2D eigenvalue weighted by Crippen LogP contribution is 2.40. The lowest BCUT2D eigenvalue weighted by atomic mass is 10.0. The maximum atomic E-state index is 14.6. The third kappa shape index (κ3) is 7.18. The zero-order valence-corrected chi connectivity index (χ0v) is 23.6. The Hall–Kier alpha value is -2.94. The van der Waals surface area contributed by atoms with E-state index in [4.69, 9.17) is 4.74 Å². The van der Waals surface area contributed by atoms with Crippen molar-refractivity contribution in [3.63, 3.8) is 0 Å². The zero-order chi connectivity index (χ0) is 28.4. The second-order valence-electron chi connectivity index (χ2n) is 9.50. The number of pyridine rings is 2. The molecule has 1 aliphatic heterocycles. The van der Waals surface area contributed by atoms with Crippen LogP contribution in [0.1, 0.15) is 12.1 Å². The SMILES string of the molecule is COc1cc(P(C)(C)=O)ncc1NCC#Cc1nc2c(N[C@@H]3CCN(C)C[C@@H]3F)cccn2c1SC(F)(F)F. The van der Waals surface area contributed by atoms with Gasteiger partial charge in [-0.25, -0.2) is 9.37 Å². The highest BCUT2D eigenvalue weighted by atomic mass is 32.2. The van der Waals surface area contributed by atoms with Crippen LogP contribution in [0.5, 0.6) is 5.75 Å². The molecule has 1 aliphatic rings. The zero-order valence-electron chi connectivity index (χ0n) is 21.8. The van der Waals surface area contributed by atoms with Gasteiger partial charge in [0.05, 0.1) is 37.3 Å².